The normalized spacial score (nSPS) is 24.6. The first-order valence-electron chi connectivity index (χ1n) is 12.2. The number of aliphatic hydroxyl groups is 1. The molecule has 2 aliphatic heterocycles. The van der Waals surface area contributed by atoms with E-state index in [0.29, 0.717) is 12.5 Å². The first-order valence-corrected chi connectivity index (χ1v) is 12.2. The van der Waals surface area contributed by atoms with Gasteiger partial charge in [0.2, 0.25) is 5.60 Å². The van der Waals surface area contributed by atoms with Crippen LogP contribution >= 0.6 is 12.4 Å². The van der Waals surface area contributed by atoms with Gasteiger partial charge in [0.05, 0.1) is 12.6 Å². The molecule has 2 amide bonds. The van der Waals surface area contributed by atoms with Crippen molar-refractivity contribution in [3.05, 3.63) is 83.1 Å². The number of benzene rings is 2. The monoisotopic (exact) mass is 583 g/mol. The Balaban J connectivity index is 0.00000370. The fourth-order valence-electron chi connectivity index (χ4n) is 4.93. The van der Waals surface area contributed by atoms with Crippen LogP contribution < -0.4 is 16.0 Å². The maximum absolute atomic E-state index is 14.2. The Bertz CT molecular complexity index is 1410. The van der Waals surface area contributed by atoms with Crippen LogP contribution in [0, 0.1) is 23.3 Å². The predicted octanol–water partition coefficient (Wildman–Crippen LogP) is 2.68. The number of amides is 2. The zero-order valence-electron chi connectivity index (χ0n) is 20.9. The number of hydrogen-bond acceptors (Lipinski definition) is 6. The molecular weight excluding hydrogens is 558 g/mol. The third-order valence-corrected chi connectivity index (χ3v) is 6.96. The van der Waals surface area contributed by atoms with E-state index in [2.05, 4.69) is 10.4 Å². The Labute approximate surface area is 232 Å². The zero-order chi connectivity index (χ0) is 27.9. The Morgan fingerprint density at radius 2 is 1.85 bits per heavy atom. The van der Waals surface area contributed by atoms with E-state index >= 15 is 0 Å². The molecule has 1 aromatic heterocycles. The molecule has 2 aliphatic rings. The average Bonchev–Trinajstić information content (AvgIpc) is 3.49. The Morgan fingerprint density at radius 1 is 1.12 bits per heavy atom. The second-order valence-electron chi connectivity index (χ2n) is 9.65. The summed E-state index contributed by atoms with van der Waals surface area (Å²) in [5.41, 5.74) is 4.00. The summed E-state index contributed by atoms with van der Waals surface area (Å²) in [5.74, 6) is -4.58. The number of carbonyl (C=O) groups is 2. The van der Waals surface area contributed by atoms with Crippen molar-refractivity contribution in [1.82, 2.24) is 15.1 Å². The number of ether oxygens (including phenoxy) is 1. The summed E-state index contributed by atoms with van der Waals surface area (Å²) in [6, 6.07) is 6.32. The van der Waals surface area contributed by atoms with Crippen molar-refractivity contribution in [2.45, 2.75) is 43.2 Å². The molecule has 2 saturated heterocycles. The SMILES string of the molecule is Cl.N[C@H]1C[C@@H](n2ccc(N3CCC(O)(C(=O)NCc4cc(F)cc(F)c4)C3=O)n2)CO[C@@H]1c1cc(F)ccc1F. The highest BCUT2D eigenvalue weighted by atomic mass is 35.5. The van der Waals surface area contributed by atoms with Crippen molar-refractivity contribution < 1.29 is 37.0 Å². The molecule has 1 unspecified atom stereocenters. The number of anilines is 1. The quantitative estimate of drug-likeness (QED) is 0.303. The number of nitrogens with one attached hydrogen (secondary N) is 1. The fourth-order valence-corrected chi connectivity index (χ4v) is 4.93. The highest BCUT2D eigenvalue weighted by Crippen LogP contribution is 2.34. The van der Waals surface area contributed by atoms with Gasteiger partial charge in [0.1, 0.15) is 29.4 Å². The van der Waals surface area contributed by atoms with E-state index in [4.69, 9.17) is 10.5 Å². The second-order valence-corrected chi connectivity index (χ2v) is 9.65. The molecule has 3 aromatic rings. The molecule has 0 bridgehead atoms. The van der Waals surface area contributed by atoms with Crippen molar-refractivity contribution in [2.75, 3.05) is 18.1 Å². The summed E-state index contributed by atoms with van der Waals surface area (Å²) in [4.78, 5) is 26.9. The molecule has 3 heterocycles. The van der Waals surface area contributed by atoms with E-state index in [1.54, 1.807) is 6.20 Å². The minimum Gasteiger partial charge on any atom is -0.372 e. The third-order valence-electron chi connectivity index (χ3n) is 6.96. The van der Waals surface area contributed by atoms with Gasteiger partial charge in [-0.15, -0.1) is 12.4 Å². The van der Waals surface area contributed by atoms with E-state index in [9.17, 15) is 32.3 Å². The predicted molar refractivity (Wildman–Crippen MR) is 136 cm³/mol. The lowest BCUT2D eigenvalue weighted by Gasteiger charge is -2.34. The van der Waals surface area contributed by atoms with Crippen LogP contribution in [0.3, 0.4) is 0 Å². The minimum absolute atomic E-state index is 0. The molecule has 4 atom stereocenters. The van der Waals surface area contributed by atoms with Crippen LogP contribution in [-0.2, 0) is 20.9 Å². The molecule has 2 aromatic carbocycles. The molecule has 0 saturated carbocycles. The Hall–Kier alpha value is -3.52. The number of rotatable bonds is 6. The zero-order valence-corrected chi connectivity index (χ0v) is 21.7. The molecule has 40 heavy (non-hydrogen) atoms. The maximum atomic E-state index is 14.2. The lowest BCUT2D eigenvalue weighted by molar-refractivity contribution is -0.149. The van der Waals surface area contributed by atoms with Crippen molar-refractivity contribution in [1.29, 1.82) is 0 Å². The van der Waals surface area contributed by atoms with Crippen molar-refractivity contribution >= 4 is 30.0 Å². The first kappa shape index (κ1) is 29.5. The maximum Gasteiger partial charge on any atom is 0.270 e. The lowest BCUT2D eigenvalue weighted by atomic mass is 9.94. The van der Waals surface area contributed by atoms with Gasteiger partial charge in [-0.1, -0.05) is 0 Å². The largest absolute Gasteiger partial charge is 0.372 e. The summed E-state index contributed by atoms with van der Waals surface area (Å²) in [5, 5.41) is 17.6. The standard InChI is InChI=1S/C26H25F4N5O4.ClH/c27-15-1-2-20(30)19(10-15)23-21(31)11-18(13-39-23)35-5-3-22(33-35)34-6-4-26(38,25(34)37)24(36)32-12-14-7-16(28)9-17(29)8-14;/h1-3,5,7-10,18,21,23,38H,4,6,11-13,31H2,(H,32,36);1H/t18-,21+,23-,26?;/m1./s1. The molecule has 14 heteroatoms. The second kappa shape index (κ2) is 11.5. The van der Waals surface area contributed by atoms with E-state index < -0.39 is 52.8 Å². The van der Waals surface area contributed by atoms with Gasteiger partial charge in [-0.25, -0.2) is 17.6 Å². The van der Waals surface area contributed by atoms with Gasteiger partial charge in [-0.3, -0.25) is 19.2 Å². The van der Waals surface area contributed by atoms with Crippen LogP contribution in [0.4, 0.5) is 23.4 Å². The highest BCUT2D eigenvalue weighted by Gasteiger charge is 2.52. The fraction of sp³-hybridized carbons (Fsp3) is 0.346. The van der Waals surface area contributed by atoms with Gasteiger partial charge in [0.25, 0.3) is 11.8 Å². The van der Waals surface area contributed by atoms with Gasteiger partial charge in [0.15, 0.2) is 5.82 Å². The highest BCUT2D eigenvalue weighted by molar-refractivity contribution is 6.16. The van der Waals surface area contributed by atoms with Crippen molar-refractivity contribution in [2.24, 2.45) is 5.73 Å². The molecule has 0 aliphatic carbocycles. The first-order chi connectivity index (χ1) is 18.5. The number of halogens is 5. The third kappa shape index (κ3) is 5.68. The number of nitrogens with zero attached hydrogens (tertiary/aromatic N) is 3. The molecular formula is C26H26ClF4N5O4. The molecule has 2 fully saturated rings. The van der Waals surface area contributed by atoms with Gasteiger partial charge in [-0.05, 0) is 42.3 Å². The van der Waals surface area contributed by atoms with E-state index in [-0.39, 0.29) is 61.5 Å². The smallest absolute Gasteiger partial charge is 0.270 e. The molecule has 0 spiro atoms. The summed E-state index contributed by atoms with van der Waals surface area (Å²) in [7, 11) is 0. The van der Waals surface area contributed by atoms with E-state index in [1.165, 1.54) is 10.7 Å². The van der Waals surface area contributed by atoms with Crippen LogP contribution in [0.15, 0.2) is 48.7 Å². The van der Waals surface area contributed by atoms with E-state index in [0.717, 1.165) is 35.2 Å². The van der Waals surface area contributed by atoms with Gasteiger partial charge in [-0.2, -0.15) is 5.10 Å². The Morgan fingerprint density at radius 3 is 2.55 bits per heavy atom. The topological polar surface area (TPSA) is 123 Å². The van der Waals surface area contributed by atoms with Crippen LogP contribution in [-0.4, -0.2) is 51.5 Å². The minimum atomic E-state index is -2.38. The average molecular weight is 584 g/mol. The van der Waals surface area contributed by atoms with Crippen LogP contribution in [0.25, 0.3) is 0 Å². The van der Waals surface area contributed by atoms with Crippen molar-refractivity contribution in [3.63, 3.8) is 0 Å². The molecule has 214 valence electrons. The van der Waals surface area contributed by atoms with Crippen LogP contribution in [0.5, 0.6) is 0 Å². The number of nitrogens with two attached hydrogens (primary N) is 1. The molecule has 0 radical (unpaired) electrons. The van der Waals surface area contributed by atoms with Gasteiger partial charge in [0, 0.05) is 49.4 Å². The van der Waals surface area contributed by atoms with Crippen LogP contribution in [0.1, 0.15) is 36.1 Å². The number of hydrogen-bond donors (Lipinski definition) is 3. The number of carbonyl (C=O) groups excluding carboxylic acids is 2. The van der Waals surface area contributed by atoms with Gasteiger partial charge >= 0.3 is 0 Å². The van der Waals surface area contributed by atoms with Gasteiger partial charge < -0.3 is 20.9 Å². The van der Waals surface area contributed by atoms with Crippen molar-refractivity contribution in [3.8, 4) is 0 Å². The molecule has 9 nitrogen and oxygen atoms in total. The number of aromatic nitrogens is 2. The summed E-state index contributed by atoms with van der Waals surface area (Å²) in [6.45, 7) is -0.202. The summed E-state index contributed by atoms with van der Waals surface area (Å²) < 4.78 is 61.9. The summed E-state index contributed by atoms with van der Waals surface area (Å²) >= 11 is 0. The Kier molecular flexibility index (Phi) is 8.49. The molecule has 5 rings (SSSR count). The summed E-state index contributed by atoms with van der Waals surface area (Å²) in [6.07, 6.45) is 0.843. The lowest BCUT2D eigenvalue weighted by Crippen LogP contribution is -2.52. The van der Waals surface area contributed by atoms with E-state index in [1.807, 2.05) is 0 Å². The van der Waals surface area contributed by atoms with Crippen LogP contribution in [0.2, 0.25) is 0 Å². The molecule has 4 N–H and O–H groups in total.